The van der Waals surface area contributed by atoms with Crippen molar-refractivity contribution in [3.63, 3.8) is 0 Å². The van der Waals surface area contributed by atoms with Crippen LogP contribution in [0, 0.1) is 0 Å². The van der Waals surface area contributed by atoms with E-state index in [4.69, 9.17) is 9.57 Å². The van der Waals surface area contributed by atoms with Crippen LogP contribution in [0.1, 0.15) is 38.1 Å². The molecule has 0 aliphatic carbocycles. The third-order valence-corrected chi connectivity index (χ3v) is 1.71. The van der Waals surface area contributed by atoms with Crippen molar-refractivity contribution >= 4 is 5.97 Å². The van der Waals surface area contributed by atoms with Crippen LogP contribution in [-0.2, 0) is 4.74 Å². The van der Waals surface area contributed by atoms with E-state index in [1.165, 1.54) is 0 Å². The molecule has 0 aliphatic heterocycles. The number of rotatable bonds is 3. The van der Waals surface area contributed by atoms with Crippen molar-refractivity contribution in [2.75, 3.05) is 6.61 Å². The van der Waals surface area contributed by atoms with Gasteiger partial charge in [0.1, 0.15) is 5.60 Å². The number of nitrogens with zero attached hydrogens (tertiary/aromatic N) is 1. The number of carbonyl (C=O) groups is 1. The van der Waals surface area contributed by atoms with Gasteiger partial charge in [0.05, 0.1) is 5.56 Å². The van der Waals surface area contributed by atoms with Crippen molar-refractivity contribution < 1.29 is 19.1 Å². The Morgan fingerprint density at radius 1 is 1.31 bits per heavy atom. The highest BCUT2D eigenvalue weighted by molar-refractivity contribution is 5.89. The average Bonchev–Trinajstić information content (AvgIpc) is 2.16. The monoisotopic (exact) mass is 224 g/mol. The van der Waals surface area contributed by atoms with E-state index in [0.29, 0.717) is 12.2 Å². The van der Waals surface area contributed by atoms with Crippen LogP contribution in [0.2, 0.25) is 0 Å². The summed E-state index contributed by atoms with van der Waals surface area (Å²) in [5, 5.41) is 0. The van der Waals surface area contributed by atoms with Gasteiger partial charge in [-0.2, -0.15) is 0 Å². The Morgan fingerprint density at radius 3 is 2.31 bits per heavy atom. The molecule has 4 heteroatoms. The summed E-state index contributed by atoms with van der Waals surface area (Å²) in [5.41, 5.74) is 0.0499. The van der Waals surface area contributed by atoms with Crippen LogP contribution in [0.15, 0.2) is 24.5 Å². The fourth-order valence-corrected chi connectivity index (χ4v) is 1.12. The maximum absolute atomic E-state index is 11.7. The number of aromatic nitrogens is 1. The maximum Gasteiger partial charge on any atom is 0.339 e. The summed E-state index contributed by atoms with van der Waals surface area (Å²) < 4.78 is 6.78. The number of esters is 1. The van der Waals surface area contributed by atoms with Gasteiger partial charge in [-0.1, -0.05) is 0 Å². The Morgan fingerprint density at radius 2 is 1.88 bits per heavy atom. The summed E-state index contributed by atoms with van der Waals surface area (Å²) >= 11 is 0. The SMILES string of the molecule is CCO[n+]1ccc(C(=O)OC(C)(C)C)cc1. The van der Waals surface area contributed by atoms with Gasteiger partial charge >= 0.3 is 5.97 Å². The number of hydrogen-bond donors (Lipinski definition) is 0. The van der Waals surface area contributed by atoms with Crippen molar-refractivity contribution in [2.24, 2.45) is 0 Å². The molecule has 0 N–H and O–H groups in total. The highest BCUT2D eigenvalue weighted by Crippen LogP contribution is 2.10. The van der Waals surface area contributed by atoms with Gasteiger partial charge in [0.15, 0.2) is 6.61 Å². The van der Waals surface area contributed by atoms with Gasteiger partial charge in [-0.25, -0.2) is 4.79 Å². The van der Waals surface area contributed by atoms with Gasteiger partial charge in [0.25, 0.3) is 0 Å². The largest absolute Gasteiger partial charge is 0.456 e. The Labute approximate surface area is 95.8 Å². The van der Waals surface area contributed by atoms with E-state index in [2.05, 4.69) is 0 Å². The lowest BCUT2D eigenvalue weighted by molar-refractivity contribution is -0.891. The minimum absolute atomic E-state index is 0.323. The zero-order valence-corrected chi connectivity index (χ0v) is 10.2. The third-order valence-electron chi connectivity index (χ3n) is 1.71. The molecule has 0 saturated carbocycles. The van der Waals surface area contributed by atoms with Gasteiger partial charge < -0.3 is 4.74 Å². The molecule has 0 spiro atoms. The lowest BCUT2D eigenvalue weighted by Gasteiger charge is -2.19. The Kier molecular flexibility index (Phi) is 3.88. The quantitative estimate of drug-likeness (QED) is 0.575. The lowest BCUT2D eigenvalue weighted by atomic mass is 10.2. The lowest BCUT2D eigenvalue weighted by Crippen LogP contribution is -2.41. The molecule has 0 fully saturated rings. The summed E-state index contributed by atoms with van der Waals surface area (Å²) in [5.74, 6) is -0.323. The minimum Gasteiger partial charge on any atom is -0.456 e. The van der Waals surface area contributed by atoms with E-state index < -0.39 is 5.60 Å². The zero-order chi connectivity index (χ0) is 12.2. The van der Waals surface area contributed by atoms with Crippen LogP contribution in [0.5, 0.6) is 0 Å². The van der Waals surface area contributed by atoms with Gasteiger partial charge in [0, 0.05) is 16.9 Å². The van der Waals surface area contributed by atoms with Crippen LogP contribution in [-0.4, -0.2) is 18.2 Å². The smallest absolute Gasteiger partial charge is 0.339 e. The Balaban J connectivity index is 2.70. The molecule has 88 valence electrons. The molecule has 0 saturated heterocycles. The van der Waals surface area contributed by atoms with Gasteiger partial charge in [-0.15, -0.1) is 0 Å². The first kappa shape index (κ1) is 12.5. The first-order valence-electron chi connectivity index (χ1n) is 5.30. The number of hydrogen-bond acceptors (Lipinski definition) is 3. The van der Waals surface area contributed by atoms with Crippen molar-refractivity contribution in [3.05, 3.63) is 30.1 Å². The fraction of sp³-hybridized carbons (Fsp3) is 0.500. The molecular formula is C12H18NO3+. The average molecular weight is 224 g/mol. The number of carbonyl (C=O) groups excluding carboxylic acids is 1. The predicted octanol–water partition coefficient (Wildman–Crippen LogP) is 1.38. The Bertz CT molecular complexity index is 352. The summed E-state index contributed by atoms with van der Waals surface area (Å²) in [6.45, 7) is 8.00. The van der Waals surface area contributed by atoms with E-state index in [-0.39, 0.29) is 5.97 Å². The second-order valence-electron chi connectivity index (χ2n) is 4.37. The molecule has 4 nitrogen and oxygen atoms in total. The van der Waals surface area contributed by atoms with E-state index in [1.54, 1.807) is 29.3 Å². The predicted molar refractivity (Wildman–Crippen MR) is 58.9 cm³/mol. The molecule has 1 heterocycles. The molecular weight excluding hydrogens is 206 g/mol. The van der Waals surface area contributed by atoms with Crippen molar-refractivity contribution in [3.8, 4) is 0 Å². The van der Waals surface area contributed by atoms with Crippen LogP contribution in [0.4, 0.5) is 0 Å². The van der Waals surface area contributed by atoms with Crippen molar-refractivity contribution in [1.82, 2.24) is 0 Å². The van der Waals surface area contributed by atoms with E-state index in [1.807, 2.05) is 27.7 Å². The van der Waals surface area contributed by atoms with Crippen LogP contribution in [0.3, 0.4) is 0 Å². The molecule has 1 aromatic rings. The van der Waals surface area contributed by atoms with E-state index in [9.17, 15) is 4.79 Å². The molecule has 16 heavy (non-hydrogen) atoms. The number of ether oxygens (including phenoxy) is 1. The van der Waals surface area contributed by atoms with Crippen LogP contribution in [0.25, 0.3) is 0 Å². The summed E-state index contributed by atoms with van der Waals surface area (Å²) in [4.78, 5) is 16.9. The molecule has 1 aromatic heterocycles. The summed E-state index contributed by atoms with van der Waals surface area (Å²) in [6.07, 6.45) is 3.37. The van der Waals surface area contributed by atoms with Gasteiger partial charge in [0.2, 0.25) is 12.4 Å². The van der Waals surface area contributed by atoms with Gasteiger partial charge in [-0.05, 0) is 27.7 Å². The highest BCUT2D eigenvalue weighted by atomic mass is 16.7. The molecule has 0 bridgehead atoms. The third kappa shape index (κ3) is 3.88. The summed E-state index contributed by atoms with van der Waals surface area (Å²) in [7, 11) is 0. The normalized spacial score (nSPS) is 11.0. The molecule has 0 radical (unpaired) electrons. The van der Waals surface area contributed by atoms with E-state index >= 15 is 0 Å². The summed E-state index contributed by atoms with van der Waals surface area (Å²) in [6, 6.07) is 3.34. The maximum atomic E-state index is 11.7. The first-order chi connectivity index (χ1) is 7.42. The van der Waals surface area contributed by atoms with Crippen LogP contribution >= 0.6 is 0 Å². The molecule has 1 rings (SSSR count). The van der Waals surface area contributed by atoms with E-state index in [0.717, 1.165) is 0 Å². The first-order valence-corrected chi connectivity index (χ1v) is 5.30. The zero-order valence-electron chi connectivity index (χ0n) is 10.2. The second-order valence-corrected chi connectivity index (χ2v) is 4.37. The van der Waals surface area contributed by atoms with Crippen molar-refractivity contribution in [1.29, 1.82) is 0 Å². The minimum atomic E-state index is -0.469. The topological polar surface area (TPSA) is 39.4 Å². The standard InChI is InChI=1S/C12H18NO3/c1-5-15-13-8-6-10(7-9-13)11(14)16-12(2,3)4/h6-9H,5H2,1-4H3/q+1. The van der Waals surface area contributed by atoms with Gasteiger partial charge in [-0.3, -0.25) is 4.84 Å². The molecule has 0 atom stereocenters. The molecule has 0 aliphatic rings. The van der Waals surface area contributed by atoms with Crippen LogP contribution < -0.4 is 9.57 Å². The van der Waals surface area contributed by atoms with Crippen molar-refractivity contribution in [2.45, 2.75) is 33.3 Å². The Hall–Kier alpha value is -1.58. The fourth-order valence-electron chi connectivity index (χ4n) is 1.12. The molecule has 0 unspecified atom stereocenters. The highest BCUT2D eigenvalue weighted by Gasteiger charge is 2.18. The second kappa shape index (κ2) is 4.96. The molecule has 0 amide bonds. The number of pyridine rings is 1. The molecule has 0 aromatic carbocycles.